The third-order valence-electron chi connectivity index (χ3n) is 4.10. The molecule has 0 bridgehead atoms. The van der Waals surface area contributed by atoms with Gasteiger partial charge in [0, 0.05) is 32.2 Å². The third kappa shape index (κ3) is 4.80. The van der Waals surface area contributed by atoms with Crippen LogP contribution in [0, 0.1) is 0 Å². The van der Waals surface area contributed by atoms with Gasteiger partial charge in [-0.15, -0.1) is 0 Å². The van der Waals surface area contributed by atoms with Crippen LogP contribution in [0.1, 0.15) is 27.2 Å². The van der Waals surface area contributed by atoms with E-state index in [-0.39, 0.29) is 6.09 Å². The van der Waals surface area contributed by atoms with Gasteiger partial charge < -0.3 is 14.5 Å². The number of quaternary nitrogens is 1. The number of amides is 1. The van der Waals surface area contributed by atoms with E-state index in [0.29, 0.717) is 13.1 Å². The fourth-order valence-electron chi connectivity index (χ4n) is 2.28. The molecule has 2 heterocycles. The molecule has 0 spiro atoms. The maximum Gasteiger partial charge on any atom is 0.410 e. The molecule has 0 atom stereocenters. The smallest absolute Gasteiger partial charge is 0.410 e. The van der Waals surface area contributed by atoms with Crippen LogP contribution in [-0.4, -0.2) is 54.9 Å². The topological polar surface area (TPSA) is 71.5 Å². The predicted molar refractivity (Wildman–Crippen MR) is 87.5 cm³/mol. The maximum absolute atomic E-state index is 12.2. The molecule has 0 aromatic carbocycles. The SMILES string of the molecule is CCC(C)(C)OC(=O)N1CCN(c2ccc([NH2+]OC)cn2)CC1. The van der Waals surface area contributed by atoms with Crippen LogP contribution in [0.3, 0.4) is 0 Å². The molecule has 0 unspecified atom stereocenters. The summed E-state index contributed by atoms with van der Waals surface area (Å²) in [6, 6.07) is 3.94. The number of ether oxygens (including phenoxy) is 1. The summed E-state index contributed by atoms with van der Waals surface area (Å²) in [6.45, 7) is 8.68. The van der Waals surface area contributed by atoms with Crippen LogP contribution in [0.25, 0.3) is 0 Å². The van der Waals surface area contributed by atoms with Crippen LogP contribution in [0.2, 0.25) is 0 Å². The monoisotopic (exact) mass is 323 g/mol. The van der Waals surface area contributed by atoms with E-state index in [1.807, 2.05) is 32.9 Å². The quantitative estimate of drug-likeness (QED) is 0.827. The molecule has 2 rings (SSSR count). The van der Waals surface area contributed by atoms with E-state index in [0.717, 1.165) is 31.0 Å². The minimum atomic E-state index is -0.413. The van der Waals surface area contributed by atoms with Crippen LogP contribution < -0.4 is 10.4 Å². The minimum absolute atomic E-state index is 0.227. The summed E-state index contributed by atoms with van der Waals surface area (Å²) < 4.78 is 5.54. The normalized spacial score (nSPS) is 15.7. The van der Waals surface area contributed by atoms with Gasteiger partial charge in [-0.3, -0.25) is 0 Å². The van der Waals surface area contributed by atoms with E-state index in [1.165, 1.54) is 0 Å². The molecule has 1 aliphatic heterocycles. The molecule has 2 N–H and O–H groups in total. The van der Waals surface area contributed by atoms with Crippen molar-refractivity contribution in [2.45, 2.75) is 32.8 Å². The van der Waals surface area contributed by atoms with Crippen molar-refractivity contribution >= 4 is 17.6 Å². The average Bonchev–Trinajstić information content (AvgIpc) is 2.56. The molecular weight excluding hydrogens is 296 g/mol. The summed E-state index contributed by atoms with van der Waals surface area (Å²) >= 11 is 0. The highest BCUT2D eigenvalue weighted by molar-refractivity contribution is 5.68. The molecule has 23 heavy (non-hydrogen) atoms. The first-order valence-electron chi connectivity index (χ1n) is 8.00. The van der Waals surface area contributed by atoms with E-state index in [4.69, 9.17) is 9.57 Å². The molecule has 1 fully saturated rings. The Morgan fingerprint density at radius 3 is 2.52 bits per heavy atom. The number of hydrogen-bond acceptors (Lipinski definition) is 5. The highest BCUT2D eigenvalue weighted by Crippen LogP contribution is 2.18. The highest BCUT2D eigenvalue weighted by atomic mass is 16.6. The molecule has 1 aliphatic rings. The molecule has 1 aromatic heterocycles. The standard InChI is InChI=1S/C16H26N4O3/c1-5-16(2,3)23-15(21)20-10-8-19(9-11-20)14-7-6-13(12-17-14)18-22-4/h6-7,12,18H,5,8-11H2,1-4H3/p+1. The van der Waals surface area contributed by atoms with Gasteiger partial charge >= 0.3 is 6.09 Å². The molecule has 7 nitrogen and oxygen atoms in total. The fourth-order valence-corrected chi connectivity index (χ4v) is 2.28. The summed E-state index contributed by atoms with van der Waals surface area (Å²) in [5.41, 5.74) is 2.17. The van der Waals surface area contributed by atoms with Gasteiger partial charge in [0.25, 0.3) is 0 Å². The van der Waals surface area contributed by atoms with Gasteiger partial charge in [0.2, 0.25) is 0 Å². The lowest BCUT2D eigenvalue weighted by Gasteiger charge is -2.36. The van der Waals surface area contributed by atoms with Crippen LogP contribution in [0.4, 0.5) is 16.3 Å². The Morgan fingerprint density at radius 2 is 2.00 bits per heavy atom. The van der Waals surface area contributed by atoms with Crippen LogP contribution in [-0.2, 0) is 9.57 Å². The van der Waals surface area contributed by atoms with Gasteiger partial charge in [-0.05, 0) is 26.3 Å². The zero-order valence-corrected chi connectivity index (χ0v) is 14.4. The molecule has 128 valence electrons. The number of pyridine rings is 1. The largest absolute Gasteiger partial charge is 0.443 e. The predicted octanol–water partition coefficient (Wildman–Crippen LogP) is 1.29. The zero-order valence-electron chi connectivity index (χ0n) is 14.4. The summed E-state index contributed by atoms with van der Waals surface area (Å²) in [6.07, 6.45) is 2.35. The maximum atomic E-state index is 12.2. The van der Waals surface area contributed by atoms with Gasteiger partial charge in [-0.1, -0.05) is 6.92 Å². The highest BCUT2D eigenvalue weighted by Gasteiger charge is 2.27. The van der Waals surface area contributed by atoms with Crippen LogP contribution in [0.15, 0.2) is 18.3 Å². The van der Waals surface area contributed by atoms with Crippen LogP contribution >= 0.6 is 0 Å². The van der Waals surface area contributed by atoms with Gasteiger partial charge in [0.05, 0.1) is 13.3 Å². The second-order valence-electron chi connectivity index (χ2n) is 6.26. The Hall–Kier alpha value is -1.86. The van der Waals surface area contributed by atoms with E-state index < -0.39 is 5.60 Å². The first-order valence-corrected chi connectivity index (χ1v) is 8.00. The van der Waals surface area contributed by atoms with Gasteiger partial charge in [0.1, 0.15) is 11.4 Å². The average molecular weight is 323 g/mol. The lowest BCUT2D eigenvalue weighted by Crippen LogP contribution is -2.75. The molecule has 0 radical (unpaired) electrons. The molecular formula is C16H27N4O3+. The number of carbonyl (C=O) groups is 1. The van der Waals surface area contributed by atoms with Crippen LogP contribution in [0.5, 0.6) is 0 Å². The fraction of sp³-hybridized carbons (Fsp3) is 0.625. The lowest BCUT2D eigenvalue weighted by molar-refractivity contribution is -0.830. The Kier molecular flexibility index (Phi) is 5.79. The van der Waals surface area contributed by atoms with Crippen molar-refractivity contribution in [2.75, 3.05) is 38.2 Å². The van der Waals surface area contributed by atoms with Crippen molar-refractivity contribution in [3.8, 4) is 0 Å². The Balaban J connectivity index is 1.87. The number of aromatic nitrogens is 1. The molecule has 1 amide bonds. The lowest BCUT2D eigenvalue weighted by atomic mass is 10.1. The molecule has 0 saturated carbocycles. The van der Waals surface area contributed by atoms with E-state index in [2.05, 4.69) is 9.88 Å². The third-order valence-corrected chi connectivity index (χ3v) is 4.10. The number of hydrogen-bond donors (Lipinski definition) is 1. The molecule has 7 heteroatoms. The summed E-state index contributed by atoms with van der Waals surface area (Å²) in [5, 5.41) is 0. The number of nitrogens with zero attached hydrogens (tertiary/aromatic N) is 3. The van der Waals surface area contributed by atoms with Gasteiger partial charge in [-0.2, -0.15) is 5.48 Å². The van der Waals surface area contributed by atoms with E-state index in [9.17, 15) is 4.79 Å². The Labute approximate surface area is 137 Å². The van der Waals surface area contributed by atoms with Crippen molar-refractivity contribution in [1.29, 1.82) is 0 Å². The van der Waals surface area contributed by atoms with Crippen molar-refractivity contribution in [2.24, 2.45) is 0 Å². The summed E-state index contributed by atoms with van der Waals surface area (Å²) in [7, 11) is 1.62. The number of rotatable bonds is 5. The first kappa shape index (κ1) is 17.5. The Morgan fingerprint density at radius 1 is 1.30 bits per heavy atom. The second kappa shape index (κ2) is 7.61. The number of piperazine rings is 1. The summed E-state index contributed by atoms with van der Waals surface area (Å²) in [4.78, 5) is 25.5. The van der Waals surface area contributed by atoms with Crippen molar-refractivity contribution in [3.63, 3.8) is 0 Å². The van der Waals surface area contributed by atoms with Crippen molar-refractivity contribution in [1.82, 2.24) is 9.88 Å². The van der Waals surface area contributed by atoms with Gasteiger partial charge in [-0.25, -0.2) is 14.6 Å². The first-order chi connectivity index (χ1) is 10.9. The van der Waals surface area contributed by atoms with Gasteiger partial charge in [0.15, 0.2) is 5.69 Å². The summed E-state index contributed by atoms with van der Waals surface area (Å²) in [5.74, 6) is 0.917. The van der Waals surface area contributed by atoms with E-state index in [1.54, 1.807) is 23.7 Å². The minimum Gasteiger partial charge on any atom is -0.443 e. The number of nitrogens with two attached hydrogens (primary N) is 1. The zero-order chi connectivity index (χ0) is 16.9. The molecule has 0 aliphatic carbocycles. The number of anilines is 1. The van der Waals surface area contributed by atoms with Crippen molar-refractivity contribution in [3.05, 3.63) is 18.3 Å². The second-order valence-corrected chi connectivity index (χ2v) is 6.26. The van der Waals surface area contributed by atoms with Crippen molar-refractivity contribution < 1.29 is 19.8 Å². The molecule has 1 aromatic rings. The molecule has 1 saturated heterocycles. The number of carbonyl (C=O) groups excluding carboxylic acids is 1. The van der Waals surface area contributed by atoms with E-state index >= 15 is 0 Å². The Bertz CT molecular complexity index is 511.